The van der Waals surface area contributed by atoms with Crippen molar-refractivity contribution >= 4 is 17.2 Å². The van der Waals surface area contributed by atoms with E-state index in [2.05, 4.69) is 0 Å². The molecule has 0 aromatic heterocycles. The smallest absolute Gasteiger partial charge is 0.832 e. The number of hydrogen-bond donors (Lipinski definition) is 2. The summed E-state index contributed by atoms with van der Waals surface area (Å²) < 4.78 is 0. The van der Waals surface area contributed by atoms with Crippen LogP contribution in [0.2, 0.25) is 0 Å². The summed E-state index contributed by atoms with van der Waals surface area (Å²) in [5, 5.41) is 22.8. The third-order valence-electron chi connectivity index (χ3n) is 0. The molecule has 0 saturated carbocycles. The van der Waals surface area contributed by atoms with Gasteiger partial charge < -0.3 is 15.1 Å². The predicted molar refractivity (Wildman–Crippen MR) is 21.3 cm³/mol. The molecule has 1 unspecified atom stereocenters. The molecule has 2 N–H and O–H groups in total. The Hall–Kier alpha value is 0.972. The Morgan fingerprint density at radius 1 is 1.33 bits per heavy atom. The topological polar surface area (TPSA) is 63.5 Å². The van der Waals surface area contributed by atoms with Gasteiger partial charge in [0.15, 0.2) is 0 Å². The Morgan fingerprint density at radius 2 is 1.33 bits per heavy atom. The normalized spacial score (nSPS) is 4.50. The van der Waals surface area contributed by atoms with E-state index in [1.807, 2.05) is 0 Å². The van der Waals surface area contributed by atoms with Crippen LogP contribution in [0.4, 0.5) is 0 Å². The van der Waals surface area contributed by atoms with Crippen molar-refractivity contribution in [3.63, 3.8) is 0 Å². The zero-order valence-corrected chi connectivity index (χ0v) is 5.00. The van der Waals surface area contributed by atoms with Crippen molar-refractivity contribution in [2.45, 2.75) is 0 Å². The van der Waals surface area contributed by atoms with Crippen LogP contribution in [0.1, 0.15) is 0 Å². The van der Waals surface area contributed by atoms with Gasteiger partial charge in [0.25, 0.3) is 0 Å². The zero-order valence-electron chi connectivity index (χ0n) is 3.59. The van der Waals surface area contributed by atoms with E-state index in [1.54, 1.807) is 0 Å². The van der Waals surface area contributed by atoms with Crippen LogP contribution in [0.25, 0.3) is 0 Å². The van der Waals surface area contributed by atoms with E-state index in [1.165, 1.54) is 0 Å². The van der Waals surface area contributed by atoms with Gasteiger partial charge in [0.05, 0.1) is 0 Å². The molecule has 0 aromatic carbocycles. The summed E-state index contributed by atoms with van der Waals surface area (Å²) in [6.45, 7) is 0. The molecule has 0 bridgehead atoms. The van der Waals surface area contributed by atoms with Gasteiger partial charge in [0.2, 0.25) is 0 Å². The van der Waals surface area contributed by atoms with E-state index in [-0.39, 0.29) is 28.8 Å². The van der Waals surface area contributed by atoms with Gasteiger partial charge in [-0.25, -0.2) is 0 Å². The summed E-state index contributed by atoms with van der Waals surface area (Å²) >= 11 is 0. The Morgan fingerprint density at radius 3 is 1.33 bits per heavy atom. The second-order valence-corrected chi connectivity index (χ2v) is 0.326. The molecule has 0 rings (SSSR count). The third kappa shape index (κ3) is 83.0. The molecule has 0 aliphatic heterocycles. The van der Waals surface area contributed by atoms with Gasteiger partial charge in [0, 0.05) is 0 Å². The van der Waals surface area contributed by atoms with E-state index < -0.39 is 7.32 Å². The standard InChI is InChI=1S/BH2O3.Li.H3P/c2-1(3)4;;/h2-3H;;1H3/q-1;+1;. The van der Waals surface area contributed by atoms with Crippen LogP contribution < -0.4 is 23.9 Å². The molecule has 0 saturated heterocycles. The van der Waals surface area contributed by atoms with Crippen molar-refractivity contribution in [2.75, 3.05) is 0 Å². The minimum atomic E-state index is -2.42. The first-order chi connectivity index (χ1) is 1.73. The van der Waals surface area contributed by atoms with Crippen LogP contribution in [0.15, 0.2) is 0 Å². The zero-order chi connectivity index (χ0) is 3.58. The molecule has 32 valence electrons. The number of rotatable bonds is 0. The number of hydrogen-bond acceptors (Lipinski definition) is 3. The molecular formula is H5BLiO3P. The first-order valence-corrected chi connectivity index (χ1v) is 0.752. The van der Waals surface area contributed by atoms with Crippen LogP contribution in [0, 0.1) is 0 Å². The fraction of sp³-hybridized carbons (Fsp3) is 0. The third-order valence-corrected chi connectivity index (χ3v) is 0. The van der Waals surface area contributed by atoms with Gasteiger partial charge in [-0.1, -0.05) is 0 Å². The van der Waals surface area contributed by atoms with Crippen molar-refractivity contribution in [2.24, 2.45) is 0 Å². The predicted octanol–water partition coefficient (Wildman–Crippen LogP) is -5.62. The first-order valence-electron chi connectivity index (χ1n) is 0.752. The Kier molecular flexibility index (Phi) is 24.6. The molecule has 6 heteroatoms. The van der Waals surface area contributed by atoms with E-state index in [0.29, 0.717) is 0 Å². The quantitative estimate of drug-likeness (QED) is 0.236. The summed E-state index contributed by atoms with van der Waals surface area (Å²) in [4.78, 5) is 0. The molecule has 1 atom stereocenters. The molecule has 0 aromatic rings. The Labute approximate surface area is 51.7 Å². The van der Waals surface area contributed by atoms with E-state index in [4.69, 9.17) is 15.1 Å². The average Bonchev–Trinajstić information content (AvgIpc) is 0.811. The van der Waals surface area contributed by atoms with Crippen molar-refractivity contribution in [1.82, 2.24) is 0 Å². The first kappa shape index (κ1) is 15.8. The van der Waals surface area contributed by atoms with Gasteiger partial charge in [0.1, 0.15) is 0 Å². The molecule has 0 heterocycles. The molecular weight excluding hydrogens is 96.7 g/mol. The molecule has 0 aliphatic rings. The van der Waals surface area contributed by atoms with Crippen molar-refractivity contribution in [3.8, 4) is 0 Å². The van der Waals surface area contributed by atoms with Crippen LogP contribution >= 0.6 is 9.90 Å². The Balaban J connectivity index is -0.0000000450. The summed E-state index contributed by atoms with van der Waals surface area (Å²) in [5.41, 5.74) is 0. The van der Waals surface area contributed by atoms with Crippen LogP contribution in [-0.4, -0.2) is 17.4 Å². The van der Waals surface area contributed by atoms with Crippen LogP contribution in [-0.2, 0) is 0 Å². The van der Waals surface area contributed by atoms with Gasteiger partial charge >= 0.3 is 26.2 Å². The Bertz CT molecular complexity index is 15.5. The average molecular weight is 102 g/mol. The maximum absolute atomic E-state index is 8.64. The van der Waals surface area contributed by atoms with Crippen molar-refractivity contribution < 1.29 is 33.9 Å². The maximum Gasteiger partial charge on any atom is 1.00 e. The minimum Gasteiger partial charge on any atom is -0.832 e. The van der Waals surface area contributed by atoms with E-state index >= 15 is 0 Å². The largest absolute Gasteiger partial charge is 1.00 e. The molecule has 3 nitrogen and oxygen atoms in total. The fourth-order valence-corrected chi connectivity index (χ4v) is 0. The van der Waals surface area contributed by atoms with E-state index in [9.17, 15) is 0 Å². The fourth-order valence-electron chi connectivity index (χ4n) is 0. The summed E-state index contributed by atoms with van der Waals surface area (Å²) in [5.74, 6) is 0. The molecule has 0 amide bonds. The van der Waals surface area contributed by atoms with Crippen molar-refractivity contribution in [3.05, 3.63) is 0 Å². The minimum absolute atomic E-state index is 0. The summed E-state index contributed by atoms with van der Waals surface area (Å²) in [7, 11) is -2.42. The van der Waals surface area contributed by atoms with Gasteiger partial charge in [-0.05, 0) is 0 Å². The second kappa shape index (κ2) is 9.36. The van der Waals surface area contributed by atoms with Gasteiger partial charge in [-0.2, -0.15) is 9.90 Å². The van der Waals surface area contributed by atoms with Crippen LogP contribution in [0.3, 0.4) is 0 Å². The maximum atomic E-state index is 8.64. The molecule has 0 fully saturated rings. The van der Waals surface area contributed by atoms with E-state index in [0.717, 1.165) is 0 Å². The molecule has 0 spiro atoms. The van der Waals surface area contributed by atoms with Gasteiger partial charge in [-0.3, -0.25) is 0 Å². The molecule has 0 radical (unpaired) electrons. The summed E-state index contributed by atoms with van der Waals surface area (Å²) in [6.07, 6.45) is 0. The second-order valence-electron chi connectivity index (χ2n) is 0.326. The van der Waals surface area contributed by atoms with Crippen molar-refractivity contribution in [1.29, 1.82) is 0 Å². The monoisotopic (exact) mass is 102 g/mol. The van der Waals surface area contributed by atoms with Gasteiger partial charge in [-0.15, -0.1) is 0 Å². The molecule has 6 heavy (non-hydrogen) atoms. The van der Waals surface area contributed by atoms with Crippen LogP contribution in [0.5, 0.6) is 0 Å². The summed E-state index contributed by atoms with van der Waals surface area (Å²) in [6, 6.07) is 0. The molecule has 0 aliphatic carbocycles. The SMILES string of the molecule is P.[Li+].[O-]B(O)O.